The number of anilines is 1. The van der Waals surface area contributed by atoms with Crippen molar-refractivity contribution in [3.8, 4) is 0 Å². The van der Waals surface area contributed by atoms with E-state index in [-0.39, 0.29) is 17.2 Å². The summed E-state index contributed by atoms with van der Waals surface area (Å²) in [5.41, 5.74) is -0.580. The molecule has 2 heterocycles. The number of carbonyl (C=O) groups is 2. The molecule has 3 N–H and O–H groups in total. The first-order valence-corrected chi connectivity index (χ1v) is 8.40. The second-order valence-corrected chi connectivity index (χ2v) is 6.22. The van der Waals surface area contributed by atoms with Crippen molar-refractivity contribution in [3.05, 3.63) is 47.3 Å². The topological polar surface area (TPSA) is 86.9 Å². The van der Waals surface area contributed by atoms with E-state index in [0.717, 1.165) is 24.1 Å². The summed E-state index contributed by atoms with van der Waals surface area (Å²) in [6, 6.07) is 3.10. The second kappa shape index (κ2) is 9.19. The first-order valence-electron chi connectivity index (χ1n) is 8.40. The van der Waals surface area contributed by atoms with E-state index < -0.39 is 23.1 Å². The average molecular weight is 364 g/mol. The molecule has 140 valence electrons. The Kier molecular flexibility index (Phi) is 6.97. The lowest BCUT2D eigenvalue weighted by atomic mass is 10.0. The Morgan fingerprint density at radius 1 is 1.27 bits per heavy atom. The van der Waals surface area contributed by atoms with E-state index in [1.54, 1.807) is 0 Å². The van der Waals surface area contributed by atoms with Gasteiger partial charge in [0.15, 0.2) is 5.78 Å². The summed E-state index contributed by atoms with van der Waals surface area (Å²) in [6.07, 6.45) is 3.99. The van der Waals surface area contributed by atoms with Crippen molar-refractivity contribution in [2.45, 2.75) is 26.7 Å². The van der Waals surface area contributed by atoms with Crippen LogP contribution in [-0.2, 0) is 0 Å². The molecule has 8 heteroatoms. The van der Waals surface area contributed by atoms with Crippen LogP contribution in [0.4, 0.5) is 14.5 Å². The summed E-state index contributed by atoms with van der Waals surface area (Å²) in [6.45, 7) is 6.04. The van der Waals surface area contributed by atoms with E-state index in [9.17, 15) is 18.4 Å². The largest absolute Gasteiger partial charge is 0.318 e. The first kappa shape index (κ1) is 19.7. The van der Waals surface area contributed by atoms with Gasteiger partial charge in [0, 0.05) is 6.92 Å². The van der Waals surface area contributed by atoms with Crippen molar-refractivity contribution in [2.75, 3.05) is 18.4 Å². The summed E-state index contributed by atoms with van der Waals surface area (Å²) in [7, 11) is 0. The highest BCUT2D eigenvalue weighted by molar-refractivity contribution is 6.08. The predicted octanol–water partition coefficient (Wildman–Crippen LogP) is 3.15. The number of benzene rings is 1. The molecule has 0 aliphatic carbocycles. The van der Waals surface area contributed by atoms with Gasteiger partial charge >= 0.3 is 0 Å². The number of rotatable bonds is 3. The lowest BCUT2D eigenvalue weighted by Gasteiger charge is -2.17. The maximum atomic E-state index is 13.4. The molecule has 1 aliphatic rings. The van der Waals surface area contributed by atoms with Crippen LogP contribution in [0.3, 0.4) is 0 Å². The summed E-state index contributed by atoms with van der Waals surface area (Å²) in [5, 5.41) is 11.5. The SMILES string of the molecule is CC(=O)c1[nH]ncc1NC(=O)c1c(F)cccc1F.CC1CCCNC1. The number of Topliss-reactive ketones (excluding diaryl/α,β-unsaturated/α-hetero) is 1. The summed E-state index contributed by atoms with van der Waals surface area (Å²) in [4.78, 5) is 23.0. The van der Waals surface area contributed by atoms with Crippen LogP contribution in [0.15, 0.2) is 24.4 Å². The number of piperidine rings is 1. The third kappa shape index (κ3) is 5.19. The molecule has 1 saturated heterocycles. The van der Waals surface area contributed by atoms with Crippen LogP contribution in [0, 0.1) is 17.6 Å². The minimum absolute atomic E-state index is 0.0603. The van der Waals surface area contributed by atoms with E-state index in [2.05, 4.69) is 27.8 Å². The number of halogens is 2. The Morgan fingerprint density at radius 2 is 1.96 bits per heavy atom. The van der Waals surface area contributed by atoms with E-state index in [0.29, 0.717) is 0 Å². The third-order valence-corrected chi connectivity index (χ3v) is 3.97. The van der Waals surface area contributed by atoms with Gasteiger partial charge in [-0.25, -0.2) is 8.78 Å². The Hall–Kier alpha value is -2.61. The highest BCUT2D eigenvalue weighted by atomic mass is 19.1. The highest BCUT2D eigenvalue weighted by Crippen LogP contribution is 2.17. The maximum Gasteiger partial charge on any atom is 0.261 e. The summed E-state index contributed by atoms with van der Waals surface area (Å²) in [5.74, 6) is -2.38. The molecular weight excluding hydrogens is 342 g/mol. The van der Waals surface area contributed by atoms with Crippen LogP contribution >= 0.6 is 0 Å². The maximum absolute atomic E-state index is 13.4. The zero-order valence-electron chi connectivity index (χ0n) is 14.7. The standard InChI is InChI=1S/C12H9F2N3O2.C6H13N/c1-6(18)11-9(5-15-17-11)16-12(19)10-7(13)3-2-4-8(10)14;1-6-3-2-4-7-5-6/h2-5H,1H3,(H,15,17)(H,16,19);6-7H,2-5H2,1H3. The number of amides is 1. The molecule has 1 aromatic carbocycles. The fraction of sp³-hybridized carbons (Fsp3) is 0.389. The molecule has 0 spiro atoms. The molecule has 0 radical (unpaired) electrons. The number of hydrogen-bond acceptors (Lipinski definition) is 4. The number of carbonyl (C=O) groups excluding carboxylic acids is 2. The van der Waals surface area contributed by atoms with Crippen molar-refractivity contribution in [1.82, 2.24) is 15.5 Å². The van der Waals surface area contributed by atoms with Gasteiger partial charge in [-0.1, -0.05) is 13.0 Å². The van der Waals surface area contributed by atoms with Gasteiger partial charge in [-0.3, -0.25) is 14.7 Å². The van der Waals surface area contributed by atoms with Gasteiger partial charge in [-0.2, -0.15) is 5.10 Å². The van der Waals surface area contributed by atoms with Crippen LogP contribution in [0.25, 0.3) is 0 Å². The minimum atomic E-state index is -0.987. The van der Waals surface area contributed by atoms with E-state index in [1.165, 1.54) is 39.1 Å². The van der Waals surface area contributed by atoms with Crippen molar-refractivity contribution in [1.29, 1.82) is 0 Å². The first-order chi connectivity index (χ1) is 12.4. The van der Waals surface area contributed by atoms with Gasteiger partial charge in [0.05, 0.1) is 11.9 Å². The van der Waals surface area contributed by atoms with Crippen LogP contribution in [0.1, 0.15) is 47.5 Å². The van der Waals surface area contributed by atoms with Gasteiger partial charge in [0.1, 0.15) is 22.9 Å². The third-order valence-electron chi connectivity index (χ3n) is 3.97. The quantitative estimate of drug-likeness (QED) is 0.730. The number of aromatic amines is 1. The number of aromatic nitrogens is 2. The Balaban J connectivity index is 0.000000290. The summed E-state index contributed by atoms with van der Waals surface area (Å²) >= 11 is 0. The van der Waals surface area contributed by atoms with E-state index >= 15 is 0 Å². The Labute approximate surface area is 150 Å². The van der Waals surface area contributed by atoms with Crippen LogP contribution < -0.4 is 10.6 Å². The molecule has 1 unspecified atom stereocenters. The minimum Gasteiger partial charge on any atom is -0.318 e. The summed E-state index contributed by atoms with van der Waals surface area (Å²) < 4.78 is 26.8. The molecule has 2 aromatic rings. The van der Waals surface area contributed by atoms with Crippen LogP contribution in [-0.4, -0.2) is 35.0 Å². The molecule has 1 amide bonds. The van der Waals surface area contributed by atoms with Crippen molar-refractivity contribution in [2.24, 2.45) is 5.92 Å². The normalized spacial score (nSPS) is 16.4. The van der Waals surface area contributed by atoms with Crippen molar-refractivity contribution >= 4 is 17.4 Å². The fourth-order valence-electron chi connectivity index (χ4n) is 2.57. The predicted molar refractivity (Wildman–Crippen MR) is 94.2 cm³/mol. The van der Waals surface area contributed by atoms with Gasteiger partial charge < -0.3 is 10.6 Å². The smallest absolute Gasteiger partial charge is 0.261 e. The fourth-order valence-corrected chi connectivity index (χ4v) is 2.57. The molecule has 1 aromatic heterocycles. The zero-order valence-corrected chi connectivity index (χ0v) is 14.7. The van der Waals surface area contributed by atoms with E-state index in [4.69, 9.17) is 0 Å². The van der Waals surface area contributed by atoms with Gasteiger partial charge in [0.2, 0.25) is 0 Å². The molecule has 26 heavy (non-hydrogen) atoms. The number of nitrogens with zero attached hydrogens (tertiary/aromatic N) is 1. The molecular formula is C18H22F2N4O2. The van der Waals surface area contributed by atoms with Crippen molar-refractivity contribution < 1.29 is 18.4 Å². The zero-order chi connectivity index (χ0) is 19.1. The molecule has 1 fully saturated rings. The van der Waals surface area contributed by atoms with E-state index in [1.807, 2.05) is 0 Å². The molecule has 1 atom stereocenters. The second-order valence-electron chi connectivity index (χ2n) is 6.22. The number of nitrogens with one attached hydrogen (secondary N) is 3. The molecule has 3 rings (SSSR count). The lowest BCUT2D eigenvalue weighted by molar-refractivity contribution is 0.101. The number of ketones is 1. The molecule has 0 saturated carbocycles. The van der Waals surface area contributed by atoms with Crippen molar-refractivity contribution in [3.63, 3.8) is 0 Å². The number of hydrogen-bond donors (Lipinski definition) is 3. The van der Waals surface area contributed by atoms with Crippen LogP contribution in [0.2, 0.25) is 0 Å². The number of H-pyrrole nitrogens is 1. The monoisotopic (exact) mass is 364 g/mol. The molecule has 0 bridgehead atoms. The highest BCUT2D eigenvalue weighted by Gasteiger charge is 2.19. The van der Waals surface area contributed by atoms with Gasteiger partial charge in [0.25, 0.3) is 5.91 Å². The van der Waals surface area contributed by atoms with Gasteiger partial charge in [-0.05, 0) is 44.0 Å². The lowest BCUT2D eigenvalue weighted by Crippen LogP contribution is -2.27. The van der Waals surface area contributed by atoms with Crippen LogP contribution in [0.5, 0.6) is 0 Å². The average Bonchev–Trinajstić information content (AvgIpc) is 3.04. The van der Waals surface area contributed by atoms with Gasteiger partial charge in [-0.15, -0.1) is 0 Å². The Bertz CT molecular complexity index is 750. The molecule has 6 nitrogen and oxygen atoms in total. The Morgan fingerprint density at radius 3 is 2.46 bits per heavy atom. The molecule has 1 aliphatic heterocycles.